The number of ether oxygens (including phenoxy) is 1. The number of carbonyl (C=O) groups excluding carboxylic acids is 1. The molecular formula is C28H26Cl4N2O2. The third-order valence-corrected chi connectivity index (χ3v) is 7.10. The number of nitrogens with zero attached hydrogens (tertiary/aromatic N) is 2. The number of halogens is 4. The zero-order valence-corrected chi connectivity index (χ0v) is 23.4. The molecule has 1 aliphatic heterocycles. The Kier molecular flexibility index (Phi) is 7.92. The van der Waals surface area contributed by atoms with E-state index in [2.05, 4.69) is 20.8 Å². The molecule has 0 saturated heterocycles. The summed E-state index contributed by atoms with van der Waals surface area (Å²) in [6, 6.07) is 17.5. The molecule has 1 amide bonds. The largest absolute Gasteiger partial charge is 0.493 e. The molecule has 0 spiro atoms. The molecule has 4 rings (SSSR count). The summed E-state index contributed by atoms with van der Waals surface area (Å²) in [4.78, 5) is 19.5. The fourth-order valence-corrected chi connectivity index (χ4v) is 5.30. The van der Waals surface area contributed by atoms with Gasteiger partial charge in [-0.2, -0.15) is 0 Å². The normalized spacial score (nSPS) is 17.8. The first-order valence-corrected chi connectivity index (χ1v) is 13.1. The molecule has 0 aliphatic carbocycles. The van der Waals surface area contributed by atoms with Crippen molar-refractivity contribution >= 4 is 57.6 Å². The van der Waals surface area contributed by atoms with Gasteiger partial charge in [-0.05, 0) is 77.0 Å². The van der Waals surface area contributed by atoms with Crippen LogP contribution < -0.4 is 4.74 Å². The van der Waals surface area contributed by atoms with Crippen molar-refractivity contribution in [2.45, 2.75) is 45.2 Å². The van der Waals surface area contributed by atoms with E-state index < -0.39 is 17.5 Å². The van der Waals surface area contributed by atoms with Gasteiger partial charge in [0.15, 0.2) is 0 Å². The van der Waals surface area contributed by atoms with Crippen LogP contribution in [0.2, 0.25) is 15.1 Å². The van der Waals surface area contributed by atoms with E-state index in [9.17, 15) is 4.79 Å². The van der Waals surface area contributed by atoms with Crippen LogP contribution in [0.5, 0.6) is 5.75 Å². The summed E-state index contributed by atoms with van der Waals surface area (Å²) in [5, 5.41) is 1.09. The first-order valence-electron chi connectivity index (χ1n) is 11.6. The van der Waals surface area contributed by atoms with Crippen molar-refractivity contribution in [1.82, 2.24) is 4.90 Å². The van der Waals surface area contributed by atoms with Gasteiger partial charge in [-0.25, -0.2) is 0 Å². The molecular weight excluding hydrogens is 538 g/mol. The molecule has 8 heteroatoms. The van der Waals surface area contributed by atoms with Crippen LogP contribution in [0.1, 0.15) is 62.0 Å². The molecule has 36 heavy (non-hydrogen) atoms. The summed E-state index contributed by atoms with van der Waals surface area (Å²) in [5.74, 6) is 0.973. The minimum atomic E-state index is -0.663. The van der Waals surface area contributed by atoms with Crippen LogP contribution in [-0.4, -0.2) is 22.7 Å². The lowest BCUT2D eigenvalue weighted by atomic mass is 9.86. The van der Waals surface area contributed by atoms with Gasteiger partial charge in [0.25, 0.3) is 0 Å². The highest BCUT2D eigenvalue weighted by atomic mass is 35.5. The van der Waals surface area contributed by atoms with Crippen molar-refractivity contribution in [2.75, 3.05) is 6.61 Å². The van der Waals surface area contributed by atoms with Crippen LogP contribution in [0.3, 0.4) is 0 Å². The van der Waals surface area contributed by atoms with E-state index in [1.165, 1.54) is 4.90 Å². The van der Waals surface area contributed by atoms with E-state index in [1.807, 2.05) is 43.3 Å². The minimum absolute atomic E-state index is 0.210. The molecule has 0 N–H and O–H groups in total. The summed E-state index contributed by atoms with van der Waals surface area (Å²) in [6.07, 6.45) is 0. The molecule has 0 unspecified atom stereocenters. The second kappa shape index (κ2) is 10.6. The number of hydrogen-bond acceptors (Lipinski definition) is 3. The van der Waals surface area contributed by atoms with Crippen molar-refractivity contribution in [3.8, 4) is 5.75 Å². The highest BCUT2D eigenvalue weighted by molar-refractivity contribution is 6.64. The first-order chi connectivity index (χ1) is 17.0. The quantitative estimate of drug-likeness (QED) is 0.229. The molecule has 0 bridgehead atoms. The van der Waals surface area contributed by atoms with Gasteiger partial charge in [0, 0.05) is 15.1 Å². The summed E-state index contributed by atoms with van der Waals surface area (Å²) < 4.78 is 6.03. The van der Waals surface area contributed by atoms with Crippen molar-refractivity contribution in [3.05, 3.63) is 98.0 Å². The second-order valence-electron chi connectivity index (χ2n) is 9.58. The number of amides is 1. The van der Waals surface area contributed by atoms with Crippen LogP contribution in [-0.2, 0) is 5.41 Å². The minimum Gasteiger partial charge on any atom is -0.493 e. The van der Waals surface area contributed by atoms with E-state index in [0.717, 1.165) is 16.7 Å². The predicted molar refractivity (Wildman–Crippen MR) is 149 cm³/mol. The summed E-state index contributed by atoms with van der Waals surface area (Å²) >= 11 is 25.3. The number of hydrogen-bond donors (Lipinski definition) is 0. The molecule has 2 atom stereocenters. The van der Waals surface area contributed by atoms with Gasteiger partial charge in [-0.3, -0.25) is 14.7 Å². The number of rotatable bonds is 5. The molecule has 0 radical (unpaired) electrons. The average molecular weight is 564 g/mol. The lowest BCUT2D eigenvalue weighted by Gasteiger charge is -2.29. The Hall–Kier alpha value is -2.24. The number of carbonyl (C=O) groups is 1. The van der Waals surface area contributed by atoms with Gasteiger partial charge in [-0.1, -0.05) is 79.8 Å². The van der Waals surface area contributed by atoms with Gasteiger partial charge >= 0.3 is 5.37 Å². The van der Waals surface area contributed by atoms with E-state index >= 15 is 0 Å². The zero-order chi connectivity index (χ0) is 26.2. The standard InChI is InChI=1S/C28H26Cl4N2O2/c1-5-36-23-15-21(28(2,3)4)22(31)14-20(23)26-33-24(16-6-10-18(29)11-7-16)25(34(26)27(32)35)17-8-12-19(30)13-9-17/h6-15,24-25H,5H2,1-4H3/t24-,25+/m0/s1. The molecule has 1 heterocycles. The lowest BCUT2D eigenvalue weighted by Crippen LogP contribution is -2.34. The maximum absolute atomic E-state index is 13.0. The average Bonchev–Trinajstić information content (AvgIpc) is 3.21. The topological polar surface area (TPSA) is 41.9 Å². The molecule has 3 aromatic carbocycles. The summed E-state index contributed by atoms with van der Waals surface area (Å²) in [6.45, 7) is 8.58. The predicted octanol–water partition coefficient (Wildman–Crippen LogP) is 9.25. The Morgan fingerprint density at radius 2 is 1.50 bits per heavy atom. The van der Waals surface area contributed by atoms with Crippen LogP contribution in [0.15, 0.2) is 65.7 Å². The van der Waals surface area contributed by atoms with Crippen LogP contribution in [0, 0.1) is 0 Å². The van der Waals surface area contributed by atoms with E-state index in [1.54, 1.807) is 24.3 Å². The third-order valence-electron chi connectivity index (χ3n) is 6.10. The Morgan fingerprint density at radius 1 is 0.944 bits per heavy atom. The Labute approximate surface area is 231 Å². The van der Waals surface area contributed by atoms with Gasteiger partial charge in [0.1, 0.15) is 17.6 Å². The van der Waals surface area contributed by atoms with Crippen LogP contribution >= 0.6 is 46.4 Å². The Balaban J connectivity index is 1.95. The summed E-state index contributed by atoms with van der Waals surface area (Å²) in [5.41, 5.74) is 3.04. The Bertz CT molecular complexity index is 1300. The SMILES string of the molecule is CCOc1cc(C(C)(C)C)c(Cl)cc1C1=N[C@@H](c2ccc(Cl)cc2)[C@@H](c2ccc(Cl)cc2)N1C(=O)Cl. The summed E-state index contributed by atoms with van der Waals surface area (Å²) in [7, 11) is 0. The van der Waals surface area contributed by atoms with Crippen LogP contribution in [0.4, 0.5) is 4.79 Å². The molecule has 0 aromatic heterocycles. The molecule has 1 aliphatic rings. The van der Waals surface area contributed by atoms with Crippen molar-refractivity contribution in [2.24, 2.45) is 4.99 Å². The number of amidine groups is 1. The lowest BCUT2D eigenvalue weighted by molar-refractivity contribution is 0.231. The fraction of sp³-hybridized carbons (Fsp3) is 0.286. The van der Waals surface area contributed by atoms with Gasteiger partial charge < -0.3 is 4.74 Å². The molecule has 0 saturated carbocycles. The van der Waals surface area contributed by atoms with Gasteiger partial charge in [0.2, 0.25) is 0 Å². The molecule has 4 nitrogen and oxygen atoms in total. The van der Waals surface area contributed by atoms with E-state index in [0.29, 0.717) is 38.8 Å². The molecule has 3 aromatic rings. The maximum atomic E-state index is 13.0. The maximum Gasteiger partial charge on any atom is 0.322 e. The van der Waals surface area contributed by atoms with Crippen molar-refractivity contribution in [1.29, 1.82) is 0 Å². The van der Waals surface area contributed by atoms with E-state index in [4.69, 9.17) is 56.1 Å². The van der Waals surface area contributed by atoms with E-state index in [-0.39, 0.29) is 5.41 Å². The molecule has 0 fully saturated rings. The second-order valence-corrected chi connectivity index (χ2v) is 11.2. The number of benzene rings is 3. The highest BCUT2D eigenvalue weighted by Gasteiger charge is 2.43. The zero-order valence-electron chi connectivity index (χ0n) is 20.4. The van der Waals surface area contributed by atoms with Crippen molar-refractivity contribution in [3.63, 3.8) is 0 Å². The Morgan fingerprint density at radius 3 is 2.00 bits per heavy atom. The molecule has 188 valence electrons. The highest BCUT2D eigenvalue weighted by Crippen LogP contribution is 2.46. The smallest absolute Gasteiger partial charge is 0.322 e. The van der Waals surface area contributed by atoms with Gasteiger partial charge in [0.05, 0.1) is 18.2 Å². The van der Waals surface area contributed by atoms with Crippen molar-refractivity contribution < 1.29 is 9.53 Å². The van der Waals surface area contributed by atoms with Gasteiger partial charge in [-0.15, -0.1) is 0 Å². The monoisotopic (exact) mass is 562 g/mol. The first kappa shape index (κ1) is 26.8. The van der Waals surface area contributed by atoms with Crippen LogP contribution in [0.25, 0.3) is 0 Å². The number of aliphatic imine (C=N–C) groups is 1. The fourth-order valence-electron chi connectivity index (χ4n) is 4.42. The third kappa shape index (κ3) is 5.38.